The maximum absolute atomic E-state index is 11.2. The molecule has 0 aromatic carbocycles. The van der Waals surface area contributed by atoms with E-state index in [0.29, 0.717) is 11.7 Å². The Morgan fingerprint density at radius 1 is 1.18 bits per heavy atom. The van der Waals surface area contributed by atoms with Crippen molar-refractivity contribution in [1.82, 2.24) is 0 Å². The Bertz CT molecular complexity index is 1090. The molecule has 1 atom stereocenters. The van der Waals surface area contributed by atoms with Crippen molar-refractivity contribution in [1.29, 1.82) is 0 Å². The Morgan fingerprint density at radius 3 is 2.65 bits per heavy atom. The predicted octanol–water partition coefficient (Wildman–Crippen LogP) is 8.53. The number of carboxylic acid groups (broad SMARTS) is 1. The summed E-state index contributed by atoms with van der Waals surface area (Å²) in [6.45, 7) is 9.00. The monoisotopic (exact) mass is 461 g/mol. The molecule has 1 aliphatic heterocycles. The number of unbranched alkanes of at least 4 members (excludes halogenated alkanes) is 5. The number of hydrogen-bond acceptors (Lipinski definition) is 3. The molecule has 0 spiro atoms. The van der Waals surface area contributed by atoms with Crippen molar-refractivity contribution >= 4 is 17.3 Å². The van der Waals surface area contributed by atoms with Gasteiger partial charge >= 0.3 is 5.97 Å². The van der Waals surface area contributed by atoms with Gasteiger partial charge in [0.05, 0.1) is 5.70 Å². The number of aromatic carboxylic acids is 1. The smallest absolute Gasteiger partial charge is 0.371 e. The Kier molecular flexibility index (Phi) is 7.45. The molecule has 1 fully saturated rings. The molecule has 3 aliphatic rings. The molecular formula is C30H39NO3. The topological polar surface area (TPSA) is 62.8 Å². The first-order valence-electron chi connectivity index (χ1n) is 13.1. The zero-order valence-electron chi connectivity index (χ0n) is 21.2. The summed E-state index contributed by atoms with van der Waals surface area (Å²) in [7, 11) is 0. The molecule has 1 saturated carbocycles. The van der Waals surface area contributed by atoms with Gasteiger partial charge in [0.1, 0.15) is 5.76 Å². The van der Waals surface area contributed by atoms with E-state index in [1.807, 2.05) is 6.92 Å². The number of carbonyl (C=O) groups is 1. The summed E-state index contributed by atoms with van der Waals surface area (Å²) >= 11 is 0. The van der Waals surface area contributed by atoms with Crippen molar-refractivity contribution in [2.75, 3.05) is 0 Å². The van der Waals surface area contributed by atoms with Crippen LogP contribution in [-0.2, 0) is 0 Å². The molecule has 182 valence electrons. The molecule has 2 aliphatic carbocycles. The third-order valence-electron chi connectivity index (χ3n) is 7.55. The predicted molar refractivity (Wildman–Crippen MR) is 139 cm³/mol. The van der Waals surface area contributed by atoms with Gasteiger partial charge in [-0.05, 0) is 73.0 Å². The van der Waals surface area contributed by atoms with Gasteiger partial charge in [-0.1, -0.05) is 71.4 Å². The van der Waals surface area contributed by atoms with Crippen LogP contribution < -0.4 is 0 Å². The van der Waals surface area contributed by atoms with Crippen LogP contribution in [0, 0.1) is 11.3 Å². The Labute approximate surface area is 204 Å². The van der Waals surface area contributed by atoms with Crippen molar-refractivity contribution in [2.45, 2.75) is 91.9 Å². The normalized spacial score (nSPS) is 21.6. The molecule has 4 heteroatoms. The minimum atomic E-state index is -1.04. The summed E-state index contributed by atoms with van der Waals surface area (Å²) < 4.78 is 5.54. The lowest BCUT2D eigenvalue weighted by molar-refractivity contribution is 0.0662. The molecular weight excluding hydrogens is 422 g/mol. The summed E-state index contributed by atoms with van der Waals surface area (Å²) in [6.07, 6.45) is 19.2. The second kappa shape index (κ2) is 10.3. The average Bonchev–Trinajstić information content (AvgIpc) is 3.43. The summed E-state index contributed by atoms with van der Waals surface area (Å²) in [5.41, 5.74) is 7.51. The number of carboxylic acids is 1. The van der Waals surface area contributed by atoms with Crippen LogP contribution >= 0.6 is 0 Å². The van der Waals surface area contributed by atoms with Crippen LogP contribution in [0.2, 0.25) is 0 Å². The van der Waals surface area contributed by atoms with Crippen LogP contribution in [0.5, 0.6) is 0 Å². The lowest BCUT2D eigenvalue weighted by atomic mass is 9.68. The fourth-order valence-corrected chi connectivity index (χ4v) is 5.73. The molecule has 4 nitrogen and oxygen atoms in total. The maximum Gasteiger partial charge on any atom is 0.371 e. The summed E-state index contributed by atoms with van der Waals surface area (Å²) in [5, 5.41) is 9.19. The van der Waals surface area contributed by atoms with Gasteiger partial charge in [0.2, 0.25) is 5.76 Å². The lowest BCUT2D eigenvalue weighted by Crippen LogP contribution is -2.27. The molecule has 0 amide bonds. The van der Waals surface area contributed by atoms with Crippen molar-refractivity contribution in [3.05, 3.63) is 64.3 Å². The van der Waals surface area contributed by atoms with E-state index in [2.05, 4.69) is 39.0 Å². The highest BCUT2D eigenvalue weighted by Gasteiger charge is 2.40. The largest absolute Gasteiger partial charge is 0.475 e. The number of nitrogens with zero attached hydrogens (tertiary/aromatic N) is 1. The van der Waals surface area contributed by atoms with Crippen molar-refractivity contribution < 1.29 is 14.3 Å². The number of aliphatic imine (C=N–C) groups is 1. The van der Waals surface area contributed by atoms with Gasteiger partial charge < -0.3 is 9.52 Å². The van der Waals surface area contributed by atoms with Crippen LogP contribution in [0.3, 0.4) is 0 Å². The van der Waals surface area contributed by atoms with Crippen LogP contribution in [0.4, 0.5) is 0 Å². The zero-order chi connectivity index (χ0) is 24.3. The molecule has 34 heavy (non-hydrogen) atoms. The number of furan rings is 1. The molecule has 0 radical (unpaired) electrons. The molecule has 1 aromatic heterocycles. The van der Waals surface area contributed by atoms with E-state index in [9.17, 15) is 9.90 Å². The maximum atomic E-state index is 11.2. The Balaban J connectivity index is 1.64. The molecule has 1 aromatic rings. The van der Waals surface area contributed by atoms with Crippen molar-refractivity contribution in [2.24, 2.45) is 16.3 Å². The SMILES string of the molecule is CCCCCCCCC1C=CC(C=C(C)c2ccc(C(=O)O)o2)=C2N=C3CCCC(C)(C)C3=C21. The van der Waals surface area contributed by atoms with Crippen LogP contribution in [0.15, 0.2) is 62.2 Å². The first-order chi connectivity index (χ1) is 16.3. The minimum absolute atomic E-state index is 0.0322. The second-order valence-electron chi connectivity index (χ2n) is 10.7. The first-order valence-corrected chi connectivity index (χ1v) is 13.1. The highest BCUT2D eigenvalue weighted by molar-refractivity contribution is 6.07. The average molecular weight is 462 g/mol. The van der Waals surface area contributed by atoms with Crippen LogP contribution in [-0.4, -0.2) is 16.8 Å². The zero-order valence-corrected chi connectivity index (χ0v) is 21.2. The van der Waals surface area contributed by atoms with E-state index in [4.69, 9.17) is 9.41 Å². The third-order valence-corrected chi connectivity index (χ3v) is 7.55. The van der Waals surface area contributed by atoms with Crippen molar-refractivity contribution in [3.8, 4) is 0 Å². The van der Waals surface area contributed by atoms with Crippen molar-refractivity contribution in [3.63, 3.8) is 0 Å². The molecule has 2 heterocycles. The summed E-state index contributed by atoms with van der Waals surface area (Å²) in [4.78, 5) is 16.4. The standard InChI is InChI=1S/C30H39NO3/c1-5-6-7-8-9-10-12-21-14-15-22(19-20(2)24-16-17-25(34-24)29(32)33)28-26(21)27-23(31-28)13-11-18-30(27,3)4/h14-17,19,21H,5-13,18H2,1-4H3,(H,32,33). The van der Waals surface area contributed by atoms with Gasteiger partial charge in [-0.15, -0.1) is 0 Å². The van der Waals surface area contributed by atoms with E-state index in [-0.39, 0.29) is 11.2 Å². The quantitative estimate of drug-likeness (QED) is 0.355. The van der Waals surface area contributed by atoms with E-state index in [0.717, 1.165) is 23.3 Å². The highest BCUT2D eigenvalue weighted by atomic mass is 16.4. The van der Waals surface area contributed by atoms with E-state index >= 15 is 0 Å². The molecule has 4 rings (SSSR count). The molecule has 1 N–H and O–H groups in total. The Morgan fingerprint density at radius 2 is 1.91 bits per heavy atom. The van der Waals surface area contributed by atoms with Gasteiger partial charge in [0, 0.05) is 17.2 Å². The van der Waals surface area contributed by atoms with Crippen LogP contribution in [0.25, 0.3) is 5.57 Å². The molecule has 0 bridgehead atoms. The fraction of sp³-hybridized carbons (Fsp3) is 0.533. The molecule has 0 saturated heterocycles. The summed E-state index contributed by atoms with van der Waals surface area (Å²) in [6, 6.07) is 3.25. The van der Waals surface area contributed by atoms with Gasteiger partial charge in [0.25, 0.3) is 0 Å². The Hall–Kier alpha value is -2.62. The second-order valence-corrected chi connectivity index (χ2v) is 10.7. The van der Waals surface area contributed by atoms with E-state index in [1.54, 1.807) is 6.07 Å². The summed E-state index contributed by atoms with van der Waals surface area (Å²) in [5.74, 6) is -0.0628. The number of hydrogen-bond donors (Lipinski definition) is 1. The lowest BCUT2D eigenvalue weighted by Gasteiger charge is -2.35. The van der Waals surface area contributed by atoms with Gasteiger partial charge in [-0.3, -0.25) is 4.99 Å². The molecule has 1 unspecified atom stereocenters. The van der Waals surface area contributed by atoms with Gasteiger partial charge in [-0.2, -0.15) is 0 Å². The number of rotatable bonds is 10. The van der Waals surface area contributed by atoms with E-state index in [1.165, 1.54) is 80.7 Å². The number of allylic oxidation sites excluding steroid dienone is 7. The van der Waals surface area contributed by atoms with Gasteiger partial charge in [-0.25, -0.2) is 4.79 Å². The third kappa shape index (κ3) is 5.06. The minimum Gasteiger partial charge on any atom is -0.475 e. The number of fused-ring (bicyclic) bond motifs is 2. The van der Waals surface area contributed by atoms with E-state index < -0.39 is 5.97 Å². The highest BCUT2D eigenvalue weighted by Crippen LogP contribution is 2.50. The first kappa shape index (κ1) is 24.5. The van der Waals surface area contributed by atoms with Crippen LogP contribution in [0.1, 0.15) is 108 Å². The van der Waals surface area contributed by atoms with Gasteiger partial charge in [0.15, 0.2) is 0 Å². The fourth-order valence-electron chi connectivity index (χ4n) is 5.73.